The Balaban J connectivity index is 4.29. The maximum atomic E-state index is 11.7. The van der Waals surface area contributed by atoms with Crippen LogP contribution in [0.4, 0.5) is 0 Å². The normalized spacial score (nSPS) is 15.6. The number of nitrogens with one attached hydrogen (secondary N) is 1. The Morgan fingerprint density at radius 3 is 2.28 bits per heavy atom. The second-order valence-electron chi connectivity index (χ2n) is 5.76. The number of methoxy groups -OCH3 is 1. The second kappa shape index (κ2) is 7.10. The van der Waals surface area contributed by atoms with Gasteiger partial charge in [-0.2, -0.15) is 0 Å². The SMILES string of the molecule is CCC(C)(C)N(C)CCCC(C)(NC)C(=O)OC. The number of likely N-dealkylation sites (N-methyl/N-ethyl adjacent to an activating group) is 1. The summed E-state index contributed by atoms with van der Waals surface area (Å²) in [5.74, 6) is -0.192. The highest BCUT2D eigenvalue weighted by Crippen LogP contribution is 2.19. The Bertz CT molecular complexity index is 267. The van der Waals surface area contributed by atoms with Gasteiger partial charge in [-0.25, -0.2) is 0 Å². The topological polar surface area (TPSA) is 41.6 Å². The van der Waals surface area contributed by atoms with Gasteiger partial charge in [0.1, 0.15) is 5.54 Å². The van der Waals surface area contributed by atoms with Crippen LogP contribution in [0.15, 0.2) is 0 Å². The molecule has 0 aliphatic heterocycles. The lowest BCUT2D eigenvalue weighted by atomic mass is 9.94. The lowest BCUT2D eigenvalue weighted by Gasteiger charge is -2.35. The minimum absolute atomic E-state index is 0.192. The molecule has 0 heterocycles. The van der Waals surface area contributed by atoms with E-state index in [0.717, 1.165) is 25.8 Å². The van der Waals surface area contributed by atoms with E-state index in [1.54, 1.807) is 7.05 Å². The van der Waals surface area contributed by atoms with Crippen molar-refractivity contribution in [3.63, 3.8) is 0 Å². The molecule has 0 aliphatic rings. The molecule has 0 rings (SSSR count). The first kappa shape index (κ1) is 17.4. The molecule has 0 aromatic rings. The third-order valence-corrected chi connectivity index (χ3v) is 4.26. The van der Waals surface area contributed by atoms with E-state index in [-0.39, 0.29) is 11.5 Å². The summed E-state index contributed by atoms with van der Waals surface area (Å²) in [7, 11) is 5.37. The summed E-state index contributed by atoms with van der Waals surface area (Å²) < 4.78 is 4.84. The molecule has 1 atom stereocenters. The number of carbonyl (C=O) groups is 1. The van der Waals surface area contributed by atoms with Gasteiger partial charge in [-0.05, 0) is 60.7 Å². The van der Waals surface area contributed by atoms with Gasteiger partial charge in [-0.1, -0.05) is 6.92 Å². The summed E-state index contributed by atoms with van der Waals surface area (Å²) in [5, 5.41) is 3.06. The first-order chi connectivity index (χ1) is 8.23. The van der Waals surface area contributed by atoms with E-state index in [1.165, 1.54) is 7.11 Å². The molecule has 4 heteroatoms. The maximum absolute atomic E-state index is 11.7. The van der Waals surface area contributed by atoms with Crippen LogP contribution in [-0.4, -0.2) is 49.7 Å². The van der Waals surface area contributed by atoms with Gasteiger partial charge in [0.05, 0.1) is 7.11 Å². The van der Waals surface area contributed by atoms with E-state index in [1.807, 2.05) is 6.92 Å². The van der Waals surface area contributed by atoms with Crippen molar-refractivity contribution in [1.29, 1.82) is 0 Å². The zero-order valence-electron chi connectivity index (χ0n) is 13.1. The monoisotopic (exact) mass is 258 g/mol. The molecule has 0 saturated heterocycles. The molecule has 1 N–H and O–H groups in total. The van der Waals surface area contributed by atoms with Crippen LogP contribution >= 0.6 is 0 Å². The summed E-state index contributed by atoms with van der Waals surface area (Å²) in [6.45, 7) is 9.55. The molecule has 108 valence electrons. The summed E-state index contributed by atoms with van der Waals surface area (Å²) in [6, 6.07) is 0. The Morgan fingerprint density at radius 2 is 1.89 bits per heavy atom. The molecule has 0 aromatic carbocycles. The van der Waals surface area contributed by atoms with Crippen molar-refractivity contribution >= 4 is 5.97 Å². The smallest absolute Gasteiger partial charge is 0.325 e. The second-order valence-corrected chi connectivity index (χ2v) is 5.76. The van der Waals surface area contributed by atoms with E-state index in [2.05, 4.69) is 38.0 Å². The fraction of sp³-hybridized carbons (Fsp3) is 0.929. The summed E-state index contributed by atoms with van der Waals surface area (Å²) in [5.41, 5.74) is -0.368. The number of rotatable bonds is 8. The lowest BCUT2D eigenvalue weighted by Crippen LogP contribution is -2.49. The van der Waals surface area contributed by atoms with Gasteiger partial charge in [0.15, 0.2) is 0 Å². The standard InChI is InChI=1S/C14H30N2O2/c1-8-13(2,3)16(6)11-9-10-14(4,15-5)12(17)18-7/h15H,8-11H2,1-7H3. The average molecular weight is 258 g/mol. The summed E-state index contributed by atoms with van der Waals surface area (Å²) in [4.78, 5) is 14.0. The predicted octanol–water partition coefficient (Wildman–Crippen LogP) is 2.04. The van der Waals surface area contributed by atoms with E-state index in [9.17, 15) is 4.79 Å². The van der Waals surface area contributed by atoms with Crippen LogP contribution in [0.25, 0.3) is 0 Å². The number of hydrogen-bond acceptors (Lipinski definition) is 4. The minimum Gasteiger partial charge on any atom is -0.468 e. The van der Waals surface area contributed by atoms with Gasteiger partial charge in [0.25, 0.3) is 0 Å². The van der Waals surface area contributed by atoms with Gasteiger partial charge in [0.2, 0.25) is 0 Å². The fourth-order valence-corrected chi connectivity index (χ4v) is 1.80. The summed E-state index contributed by atoms with van der Waals surface area (Å²) in [6.07, 6.45) is 2.86. The van der Waals surface area contributed by atoms with Crippen LogP contribution in [0.5, 0.6) is 0 Å². The van der Waals surface area contributed by atoms with Crippen molar-refractivity contribution in [3.05, 3.63) is 0 Å². The van der Waals surface area contributed by atoms with Crippen LogP contribution < -0.4 is 5.32 Å². The van der Waals surface area contributed by atoms with Gasteiger partial charge in [-0.15, -0.1) is 0 Å². The highest BCUT2D eigenvalue weighted by molar-refractivity contribution is 5.80. The van der Waals surface area contributed by atoms with Crippen molar-refractivity contribution in [2.45, 2.75) is 58.0 Å². The average Bonchev–Trinajstić information content (AvgIpc) is 2.36. The molecular formula is C14H30N2O2. The molecule has 1 unspecified atom stereocenters. The molecule has 0 fully saturated rings. The highest BCUT2D eigenvalue weighted by atomic mass is 16.5. The number of esters is 1. The molecule has 4 nitrogen and oxygen atoms in total. The van der Waals surface area contributed by atoms with Crippen LogP contribution in [0.1, 0.15) is 47.0 Å². The quantitative estimate of drug-likeness (QED) is 0.677. The third-order valence-electron chi connectivity index (χ3n) is 4.26. The first-order valence-corrected chi connectivity index (χ1v) is 6.72. The third kappa shape index (κ3) is 4.58. The molecule has 0 saturated carbocycles. The van der Waals surface area contributed by atoms with Crippen molar-refractivity contribution in [2.75, 3.05) is 27.7 Å². The van der Waals surface area contributed by atoms with Crippen LogP contribution in [0, 0.1) is 0 Å². The first-order valence-electron chi connectivity index (χ1n) is 6.72. The van der Waals surface area contributed by atoms with E-state index in [0.29, 0.717) is 0 Å². The molecule has 18 heavy (non-hydrogen) atoms. The van der Waals surface area contributed by atoms with Crippen molar-refractivity contribution in [1.82, 2.24) is 10.2 Å². The minimum atomic E-state index is -0.577. The van der Waals surface area contributed by atoms with Crippen molar-refractivity contribution in [2.24, 2.45) is 0 Å². The van der Waals surface area contributed by atoms with Crippen molar-refractivity contribution in [3.8, 4) is 0 Å². The molecule has 0 bridgehead atoms. The Labute approximate surface area is 112 Å². The molecule has 0 radical (unpaired) electrons. The zero-order valence-corrected chi connectivity index (χ0v) is 13.1. The van der Waals surface area contributed by atoms with Crippen LogP contribution in [-0.2, 0) is 9.53 Å². The fourth-order valence-electron chi connectivity index (χ4n) is 1.80. The predicted molar refractivity (Wildman–Crippen MR) is 75.7 cm³/mol. The van der Waals surface area contributed by atoms with Gasteiger partial charge in [-0.3, -0.25) is 4.79 Å². The molecule has 0 amide bonds. The number of carbonyl (C=O) groups excluding carboxylic acids is 1. The van der Waals surface area contributed by atoms with Gasteiger partial charge >= 0.3 is 5.97 Å². The highest BCUT2D eigenvalue weighted by Gasteiger charge is 2.32. The van der Waals surface area contributed by atoms with E-state index >= 15 is 0 Å². The summed E-state index contributed by atoms with van der Waals surface area (Å²) >= 11 is 0. The Morgan fingerprint density at radius 1 is 1.33 bits per heavy atom. The maximum Gasteiger partial charge on any atom is 0.325 e. The molecule has 0 aromatic heterocycles. The molecular weight excluding hydrogens is 228 g/mol. The lowest BCUT2D eigenvalue weighted by molar-refractivity contribution is -0.148. The number of hydrogen-bond donors (Lipinski definition) is 1. The largest absolute Gasteiger partial charge is 0.468 e. The van der Waals surface area contributed by atoms with Gasteiger partial charge < -0.3 is 15.0 Å². The Hall–Kier alpha value is -0.610. The van der Waals surface area contributed by atoms with Gasteiger partial charge in [0, 0.05) is 5.54 Å². The number of nitrogens with zero attached hydrogens (tertiary/aromatic N) is 1. The zero-order chi connectivity index (χ0) is 14.4. The van der Waals surface area contributed by atoms with E-state index < -0.39 is 5.54 Å². The van der Waals surface area contributed by atoms with E-state index in [4.69, 9.17) is 4.74 Å². The number of ether oxygens (including phenoxy) is 1. The van der Waals surface area contributed by atoms with Crippen LogP contribution in [0.2, 0.25) is 0 Å². The molecule has 0 spiro atoms. The van der Waals surface area contributed by atoms with Crippen LogP contribution in [0.3, 0.4) is 0 Å². The van der Waals surface area contributed by atoms with Crippen molar-refractivity contribution < 1.29 is 9.53 Å². The Kier molecular flexibility index (Phi) is 6.86. The molecule has 0 aliphatic carbocycles.